The Morgan fingerprint density at radius 1 is 1.06 bits per heavy atom. The van der Waals surface area contributed by atoms with Crippen LogP contribution < -0.4 is 15.4 Å². The Bertz CT molecular complexity index is 302. The van der Waals surface area contributed by atoms with Crippen LogP contribution in [0.2, 0.25) is 0 Å². The summed E-state index contributed by atoms with van der Waals surface area (Å²) < 4.78 is 5.32. The number of nitrogens with one attached hydrogen (secondary N) is 2. The highest BCUT2D eigenvalue weighted by molar-refractivity contribution is 5.33. The second-order valence-corrected chi connectivity index (χ2v) is 4.02. The van der Waals surface area contributed by atoms with Gasteiger partial charge in [0, 0.05) is 0 Å². The first-order valence-corrected chi connectivity index (χ1v) is 6.41. The lowest BCUT2D eigenvalue weighted by Gasteiger charge is -2.09. The molecule has 0 aromatic heterocycles. The standard InChI is InChI=1S/C14H24N2O/c1-3-15-10-6-11-16-12-9-13-7-4-5-8-14(13)17-2/h4-5,7-8,15-16H,3,6,9-12H2,1-2H3. The molecule has 3 heteroatoms. The fourth-order valence-electron chi connectivity index (χ4n) is 1.77. The molecule has 2 N–H and O–H groups in total. The summed E-state index contributed by atoms with van der Waals surface area (Å²) in [6.07, 6.45) is 2.20. The van der Waals surface area contributed by atoms with Crippen LogP contribution in [0.15, 0.2) is 24.3 Å². The Hall–Kier alpha value is -1.06. The minimum atomic E-state index is 0.988. The van der Waals surface area contributed by atoms with E-state index in [2.05, 4.69) is 29.7 Å². The highest BCUT2D eigenvalue weighted by Gasteiger charge is 2.00. The SMILES string of the molecule is CCNCCCNCCc1ccccc1OC. The number of rotatable bonds is 9. The molecule has 1 aromatic rings. The highest BCUT2D eigenvalue weighted by Crippen LogP contribution is 2.16. The topological polar surface area (TPSA) is 33.3 Å². The highest BCUT2D eigenvalue weighted by atomic mass is 16.5. The van der Waals surface area contributed by atoms with Crippen molar-refractivity contribution >= 4 is 0 Å². The molecule has 0 aliphatic heterocycles. The summed E-state index contributed by atoms with van der Waals surface area (Å²) in [4.78, 5) is 0. The molecule has 1 rings (SSSR count). The van der Waals surface area contributed by atoms with E-state index in [1.807, 2.05) is 12.1 Å². The molecule has 0 aliphatic carbocycles. The number of hydrogen-bond acceptors (Lipinski definition) is 3. The van der Waals surface area contributed by atoms with Crippen molar-refractivity contribution in [2.75, 3.05) is 33.3 Å². The van der Waals surface area contributed by atoms with Gasteiger partial charge in [0.25, 0.3) is 0 Å². The molecule has 0 atom stereocenters. The fourth-order valence-corrected chi connectivity index (χ4v) is 1.77. The maximum atomic E-state index is 5.32. The van der Waals surface area contributed by atoms with E-state index in [9.17, 15) is 0 Å². The van der Waals surface area contributed by atoms with Crippen molar-refractivity contribution in [1.29, 1.82) is 0 Å². The molecule has 0 fully saturated rings. The lowest BCUT2D eigenvalue weighted by atomic mass is 10.1. The zero-order valence-electron chi connectivity index (χ0n) is 11.0. The van der Waals surface area contributed by atoms with Crippen LogP contribution in [0.5, 0.6) is 5.75 Å². The third-order valence-electron chi connectivity index (χ3n) is 2.72. The Balaban J connectivity index is 2.13. The third kappa shape index (κ3) is 5.71. The second-order valence-electron chi connectivity index (χ2n) is 4.02. The zero-order valence-corrected chi connectivity index (χ0v) is 11.0. The quantitative estimate of drug-likeness (QED) is 0.642. The summed E-state index contributed by atoms with van der Waals surface area (Å²) >= 11 is 0. The number of para-hydroxylation sites is 1. The molecule has 0 radical (unpaired) electrons. The van der Waals surface area contributed by atoms with Gasteiger partial charge < -0.3 is 15.4 Å². The van der Waals surface area contributed by atoms with Crippen molar-refractivity contribution in [2.45, 2.75) is 19.8 Å². The molecule has 0 saturated carbocycles. The first-order valence-electron chi connectivity index (χ1n) is 6.41. The summed E-state index contributed by atoms with van der Waals surface area (Å²) in [5.74, 6) is 0.988. The predicted octanol–water partition coefficient (Wildman–Crippen LogP) is 1.83. The minimum absolute atomic E-state index is 0.988. The Morgan fingerprint density at radius 2 is 1.82 bits per heavy atom. The molecule has 0 unspecified atom stereocenters. The average Bonchev–Trinajstić information content (AvgIpc) is 2.38. The first kappa shape index (κ1) is 14.0. The largest absolute Gasteiger partial charge is 0.496 e. The molecule has 0 aliphatic rings. The van der Waals surface area contributed by atoms with Crippen LogP contribution in [-0.2, 0) is 6.42 Å². The van der Waals surface area contributed by atoms with E-state index in [4.69, 9.17) is 4.74 Å². The van der Waals surface area contributed by atoms with E-state index in [0.29, 0.717) is 0 Å². The van der Waals surface area contributed by atoms with Crippen LogP contribution in [-0.4, -0.2) is 33.3 Å². The summed E-state index contributed by atoms with van der Waals surface area (Å²) in [7, 11) is 1.72. The van der Waals surface area contributed by atoms with Crippen molar-refractivity contribution in [3.8, 4) is 5.75 Å². The average molecular weight is 236 g/mol. The van der Waals surface area contributed by atoms with Gasteiger partial charge in [-0.3, -0.25) is 0 Å². The van der Waals surface area contributed by atoms with Crippen LogP contribution in [0.3, 0.4) is 0 Å². The summed E-state index contributed by atoms with van der Waals surface area (Å²) in [5, 5.41) is 6.76. The number of hydrogen-bond donors (Lipinski definition) is 2. The molecule has 0 amide bonds. The molecule has 1 aromatic carbocycles. The third-order valence-corrected chi connectivity index (χ3v) is 2.72. The molecule has 0 bridgehead atoms. The summed E-state index contributed by atoms with van der Waals surface area (Å²) in [6, 6.07) is 8.20. The maximum Gasteiger partial charge on any atom is 0.122 e. The van der Waals surface area contributed by atoms with Gasteiger partial charge in [0.2, 0.25) is 0 Å². The molecule has 17 heavy (non-hydrogen) atoms. The van der Waals surface area contributed by atoms with E-state index in [1.54, 1.807) is 7.11 Å². The van der Waals surface area contributed by atoms with Gasteiger partial charge in [-0.15, -0.1) is 0 Å². The smallest absolute Gasteiger partial charge is 0.122 e. The summed E-state index contributed by atoms with van der Waals surface area (Å²) in [5.41, 5.74) is 1.27. The van der Waals surface area contributed by atoms with E-state index < -0.39 is 0 Å². The van der Waals surface area contributed by atoms with Gasteiger partial charge in [-0.2, -0.15) is 0 Å². The van der Waals surface area contributed by atoms with Crippen LogP contribution in [0.25, 0.3) is 0 Å². The van der Waals surface area contributed by atoms with Crippen molar-refractivity contribution < 1.29 is 4.74 Å². The van der Waals surface area contributed by atoms with Crippen LogP contribution in [0.1, 0.15) is 18.9 Å². The molecular formula is C14H24N2O. The lowest BCUT2D eigenvalue weighted by molar-refractivity contribution is 0.409. The summed E-state index contributed by atoms with van der Waals surface area (Å²) in [6.45, 7) is 6.36. The molecule has 0 heterocycles. The van der Waals surface area contributed by atoms with Gasteiger partial charge >= 0.3 is 0 Å². The van der Waals surface area contributed by atoms with E-state index >= 15 is 0 Å². The van der Waals surface area contributed by atoms with Crippen molar-refractivity contribution in [1.82, 2.24) is 10.6 Å². The minimum Gasteiger partial charge on any atom is -0.496 e. The number of benzene rings is 1. The van der Waals surface area contributed by atoms with Gasteiger partial charge in [0.1, 0.15) is 5.75 Å². The monoisotopic (exact) mass is 236 g/mol. The second kappa shape index (κ2) is 9.02. The lowest BCUT2D eigenvalue weighted by Crippen LogP contribution is -2.23. The number of methoxy groups -OCH3 is 1. The Kier molecular flexibility index (Phi) is 7.43. The van der Waals surface area contributed by atoms with Gasteiger partial charge in [-0.25, -0.2) is 0 Å². The Labute approximate surface area is 105 Å². The zero-order chi connectivity index (χ0) is 12.3. The van der Waals surface area contributed by atoms with Gasteiger partial charge in [0.05, 0.1) is 7.11 Å². The van der Waals surface area contributed by atoms with Gasteiger partial charge in [0.15, 0.2) is 0 Å². The normalized spacial score (nSPS) is 10.5. The maximum absolute atomic E-state index is 5.32. The Morgan fingerprint density at radius 3 is 2.59 bits per heavy atom. The molecule has 0 spiro atoms. The molecular weight excluding hydrogens is 212 g/mol. The molecule has 0 saturated heterocycles. The van der Waals surface area contributed by atoms with Crippen LogP contribution in [0, 0.1) is 0 Å². The predicted molar refractivity (Wildman–Crippen MR) is 72.7 cm³/mol. The van der Waals surface area contributed by atoms with Gasteiger partial charge in [-0.1, -0.05) is 25.1 Å². The first-order chi connectivity index (χ1) is 8.38. The van der Waals surface area contributed by atoms with E-state index in [-0.39, 0.29) is 0 Å². The van der Waals surface area contributed by atoms with Crippen LogP contribution >= 0.6 is 0 Å². The van der Waals surface area contributed by atoms with Gasteiger partial charge in [-0.05, 0) is 50.7 Å². The van der Waals surface area contributed by atoms with E-state index in [0.717, 1.165) is 38.3 Å². The number of ether oxygens (including phenoxy) is 1. The van der Waals surface area contributed by atoms with Crippen molar-refractivity contribution in [3.05, 3.63) is 29.8 Å². The molecule has 96 valence electrons. The van der Waals surface area contributed by atoms with E-state index in [1.165, 1.54) is 12.0 Å². The fraction of sp³-hybridized carbons (Fsp3) is 0.571. The van der Waals surface area contributed by atoms with Crippen molar-refractivity contribution in [3.63, 3.8) is 0 Å². The van der Waals surface area contributed by atoms with Crippen molar-refractivity contribution in [2.24, 2.45) is 0 Å². The van der Waals surface area contributed by atoms with Crippen LogP contribution in [0.4, 0.5) is 0 Å². The molecule has 3 nitrogen and oxygen atoms in total.